The number of rotatable bonds is 5. The van der Waals surface area contributed by atoms with Gasteiger partial charge in [0.25, 0.3) is 0 Å². The molecule has 0 aromatic rings. The lowest BCUT2D eigenvalue weighted by Gasteiger charge is -2.41. The number of ether oxygens (including phenoxy) is 2. The zero-order valence-corrected chi connectivity index (χ0v) is 12.2. The van der Waals surface area contributed by atoms with E-state index in [1.54, 1.807) is 12.0 Å². The first-order chi connectivity index (χ1) is 8.31. The predicted molar refractivity (Wildman–Crippen MR) is 70.7 cm³/mol. The van der Waals surface area contributed by atoms with E-state index in [1.165, 1.54) is 0 Å². The van der Waals surface area contributed by atoms with Crippen LogP contribution in [0.4, 0.5) is 4.79 Å². The Morgan fingerprint density at radius 3 is 2.56 bits per heavy atom. The molecule has 0 aromatic carbocycles. The molecule has 0 saturated carbocycles. The van der Waals surface area contributed by atoms with Gasteiger partial charge in [-0.3, -0.25) is 0 Å². The van der Waals surface area contributed by atoms with Crippen LogP contribution in [0.5, 0.6) is 0 Å². The minimum Gasteiger partial charge on any atom is -0.444 e. The number of hydrogen-bond acceptors (Lipinski definition) is 4. The van der Waals surface area contributed by atoms with E-state index in [0.717, 1.165) is 26.1 Å². The second-order valence-corrected chi connectivity index (χ2v) is 5.93. The number of carbonyl (C=O) groups is 1. The first kappa shape index (κ1) is 15.2. The van der Waals surface area contributed by atoms with E-state index in [1.807, 2.05) is 20.8 Å². The molecule has 5 heteroatoms. The molecule has 1 atom stereocenters. The van der Waals surface area contributed by atoms with Crippen molar-refractivity contribution in [3.63, 3.8) is 0 Å². The summed E-state index contributed by atoms with van der Waals surface area (Å²) in [6.07, 6.45) is 0.768. The van der Waals surface area contributed by atoms with Crippen molar-refractivity contribution in [2.45, 2.75) is 51.8 Å². The van der Waals surface area contributed by atoms with Crippen molar-refractivity contribution in [2.75, 3.05) is 26.8 Å². The van der Waals surface area contributed by atoms with Crippen molar-refractivity contribution >= 4 is 6.09 Å². The number of likely N-dealkylation sites (tertiary alicyclic amines) is 1. The molecule has 5 nitrogen and oxygen atoms in total. The van der Waals surface area contributed by atoms with Crippen molar-refractivity contribution in [2.24, 2.45) is 0 Å². The molecule has 0 aliphatic carbocycles. The Hall–Kier alpha value is -0.810. The van der Waals surface area contributed by atoms with Gasteiger partial charge in [-0.05, 0) is 34.1 Å². The van der Waals surface area contributed by atoms with Crippen LogP contribution >= 0.6 is 0 Å². The van der Waals surface area contributed by atoms with E-state index in [2.05, 4.69) is 12.2 Å². The van der Waals surface area contributed by atoms with Crippen LogP contribution in [0, 0.1) is 0 Å². The van der Waals surface area contributed by atoms with Crippen molar-refractivity contribution in [1.82, 2.24) is 10.2 Å². The van der Waals surface area contributed by atoms with E-state index in [-0.39, 0.29) is 6.09 Å². The van der Waals surface area contributed by atoms with E-state index in [9.17, 15) is 4.79 Å². The second kappa shape index (κ2) is 6.38. The Bertz CT molecular complexity index is 270. The molecule has 0 bridgehead atoms. The summed E-state index contributed by atoms with van der Waals surface area (Å²) in [4.78, 5) is 13.4. The molecular formula is C13H26N2O3. The van der Waals surface area contributed by atoms with Gasteiger partial charge in [-0.1, -0.05) is 0 Å². The summed E-state index contributed by atoms with van der Waals surface area (Å²) in [5.41, 5.74) is -0.415. The van der Waals surface area contributed by atoms with Crippen LogP contribution in [0.2, 0.25) is 0 Å². The minimum atomic E-state index is -0.415. The van der Waals surface area contributed by atoms with Gasteiger partial charge in [0.15, 0.2) is 0 Å². The number of hydrogen-bond donors (Lipinski definition) is 1. The molecule has 1 unspecified atom stereocenters. The first-order valence-electron chi connectivity index (χ1n) is 6.54. The van der Waals surface area contributed by atoms with E-state index in [4.69, 9.17) is 9.47 Å². The molecule has 1 fully saturated rings. The van der Waals surface area contributed by atoms with Gasteiger partial charge in [-0.15, -0.1) is 0 Å². The molecule has 0 radical (unpaired) electrons. The average Bonchev–Trinajstić information content (AvgIpc) is 2.16. The van der Waals surface area contributed by atoms with Gasteiger partial charge in [-0.2, -0.15) is 0 Å². The molecule has 106 valence electrons. The summed E-state index contributed by atoms with van der Waals surface area (Å²) in [6.45, 7) is 10.00. The maximum atomic E-state index is 11.7. The largest absolute Gasteiger partial charge is 0.444 e. The van der Waals surface area contributed by atoms with Crippen LogP contribution in [0.1, 0.15) is 34.1 Å². The molecule has 1 saturated heterocycles. The third kappa shape index (κ3) is 5.23. The lowest BCUT2D eigenvalue weighted by Crippen LogP contribution is -2.62. The van der Waals surface area contributed by atoms with Gasteiger partial charge in [0.05, 0.1) is 0 Å². The molecule has 1 aliphatic heterocycles. The molecule has 0 aromatic heterocycles. The number of amides is 1. The van der Waals surface area contributed by atoms with Gasteiger partial charge in [0.2, 0.25) is 0 Å². The summed E-state index contributed by atoms with van der Waals surface area (Å²) in [7, 11) is 1.71. The zero-order chi connectivity index (χ0) is 13.8. The Morgan fingerprint density at radius 1 is 1.44 bits per heavy atom. The maximum Gasteiger partial charge on any atom is 0.410 e. The summed E-state index contributed by atoms with van der Waals surface area (Å²) in [6, 6.07) is 0.792. The number of nitrogens with one attached hydrogen (secondary N) is 1. The monoisotopic (exact) mass is 258 g/mol. The number of methoxy groups -OCH3 is 1. The molecular weight excluding hydrogens is 232 g/mol. The minimum absolute atomic E-state index is 0.218. The van der Waals surface area contributed by atoms with Crippen LogP contribution < -0.4 is 5.32 Å². The Balaban J connectivity index is 2.17. The standard InChI is InChI=1S/C13H26N2O3/c1-10(6-7-17-5)14-11-8-15(9-11)12(16)18-13(2,3)4/h10-11,14H,6-9H2,1-5H3. The fraction of sp³-hybridized carbons (Fsp3) is 0.923. The average molecular weight is 258 g/mol. The number of carbonyl (C=O) groups excluding carboxylic acids is 1. The van der Waals surface area contributed by atoms with E-state index < -0.39 is 5.60 Å². The molecule has 1 amide bonds. The lowest BCUT2D eigenvalue weighted by atomic mass is 10.1. The van der Waals surface area contributed by atoms with E-state index >= 15 is 0 Å². The van der Waals surface area contributed by atoms with Gasteiger partial charge < -0.3 is 19.7 Å². The fourth-order valence-electron chi connectivity index (χ4n) is 1.84. The molecule has 1 heterocycles. The first-order valence-corrected chi connectivity index (χ1v) is 6.54. The normalized spacial score (nSPS) is 18.4. The Kier molecular flexibility index (Phi) is 5.41. The second-order valence-electron chi connectivity index (χ2n) is 5.93. The Labute approximate surface area is 110 Å². The smallest absolute Gasteiger partial charge is 0.410 e. The highest BCUT2D eigenvalue weighted by atomic mass is 16.6. The van der Waals surface area contributed by atoms with Crippen molar-refractivity contribution in [3.8, 4) is 0 Å². The molecule has 18 heavy (non-hydrogen) atoms. The summed E-state index contributed by atoms with van der Waals surface area (Å²) in [5, 5.41) is 3.47. The van der Waals surface area contributed by atoms with Crippen molar-refractivity contribution < 1.29 is 14.3 Å². The van der Waals surface area contributed by atoms with Crippen molar-refractivity contribution in [3.05, 3.63) is 0 Å². The SMILES string of the molecule is COCCC(C)NC1CN(C(=O)OC(C)(C)C)C1. The lowest BCUT2D eigenvalue weighted by molar-refractivity contribution is 0.00397. The fourth-order valence-corrected chi connectivity index (χ4v) is 1.84. The van der Waals surface area contributed by atoms with Crippen molar-refractivity contribution in [1.29, 1.82) is 0 Å². The van der Waals surface area contributed by atoms with Gasteiger partial charge >= 0.3 is 6.09 Å². The third-order valence-electron chi connectivity index (χ3n) is 2.81. The summed E-state index contributed by atoms with van der Waals surface area (Å²) >= 11 is 0. The molecule has 1 rings (SSSR count). The Morgan fingerprint density at radius 2 is 2.06 bits per heavy atom. The van der Waals surface area contributed by atoms with Crippen LogP contribution in [-0.4, -0.2) is 55.5 Å². The van der Waals surface area contributed by atoms with Gasteiger partial charge in [0.1, 0.15) is 5.60 Å². The molecule has 1 N–H and O–H groups in total. The topological polar surface area (TPSA) is 50.8 Å². The van der Waals surface area contributed by atoms with Crippen LogP contribution in [0.25, 0.3) is 0 Å². The molecule has 1 aliphatic rings. The molecule has 0 spiro atoms. The van der Waals surface area contributed by atoms with Gasteiger partial charge in [-0.25, -0.2) is 4.79 Å². The number of nitrogens with zero attached hydrogens (tertiary/aromatic N) is 1. The third-order valence-corrected chi connectivity index (χ3v) is 2.81. The van der Waals surface area contributed by atoms with Gasteiger partial charge in [0, 0.05) is 38.9 Å². The zero-order valence-electron chi connectivity index (χ0n) is 12.2. The summed E-state index contributed by atoms with van der Waals surface area (Å²) < 4.78 is 10.3. The van der Waals surface area contributed by atoms with Crippen LogP contribution in [0.15, 0.2) is 0 Å². The van der Waals surface area contributed by atoms with Crippen LogP contribution in [-0.2, 0) is 9.47 Å². The highest BCUT2D eigenvalue weighted by Gasteiger charge is 2.33. The van der Waals surface area contributed by atoms with E-state index in [0.29, 0.717) is 12.1 Å². The predicted octanol–water partition coefficient (Wildman–Crippen LogP) is 1.62. The van der Waals surface area contributed by atoms with Crippen LogP contribution in [0.3, 0.4) is 0 Å². The highest BCUT2D eigenvalue weighted by molar-refractivity contribution is 5.69. The highest BCUT2D eigenvalue weighted by Crippen LogP contribution is 2.15. The quantitative estimate of drug-likeness (QED) is 0.814. The summed E-state index contributed by atoms with van der Waals surface area (Å²) in [5.74, 6) is 0. The maximum absolute atomic E-state index is 11.7.